The summed E-state index contributed by atoms with van der Waals surface area (Å²) in [6.07, 6.45) is 1.73. The molecule has 0 bridgehead atoms. The molecule has 1 saturated heterocycles. The third-order valence-corrected chi connectivity index (χ3v) is 5.08. The molecule has 24 heavy (non-hydrogen) atoms. The number of piperazine rings is 1. The molecule has 0 saturated carbocycles. The van der Waals surface area contributed by atoms with E-state index in [1.165, 1.54) is 5.56 Å². The van der Waals surface area contributed by atoms with E-state index in [0.717, 1.165) is 60.0 Å². The first-order valence-corrected chi connectivity index (χ1v) is 8.70. The lowest BCUT2D eigenvalue weighted by atomic mass is 10.1. The van der Waals surface area contributed by atoms with E-state index in [9.17, 15) is 0 Å². The second-order valence-electron chi connectivity index (χ2n) is 6.51. The molecule has 5 heteroatoms. The van der Waals surface area contributed by atoms with E-state index in [2.05, 4.69) is 57.1 Å². The summed E-state index contributed by atoms with van der Waals surface area (Å²) in [7, 11) is 2.19. The van der Waals surface area contributed by atoms with Crippen LogP contribution in [0.25, 0.3) is 22.3 Å². The summed E-state index contributed by atoms with van der Waals surface area (Å²) in [5.74, 6) is 0. The highest BCUT2D eigenvalue weighted by Crippen LogP contribution is 2.28. The number of aromatic amines is 1. The summed E-state index contributed by atoms with van der Waals surface area (Å²) in [4.78, 5) is 12.6. The van der Waals surface area contributed by atoms with Crippen molar-refractivity contribution in [1.29, 1.82) is 0 Å². The number of hydrogen-bond donors (Lipinski definition) is 1. The van der Waals surface area contributed by atoms with Crippen molar-refractivity contribution in [2.75, 3.05) is 33.2 Å². The maximum absolute atomic E-state index is 6.23. The monoisotopic (exact) mass is 340 g/mol. The van der Waals surface area contributed by atoms with E-state index in [0.29, 0.717) is 0 Å². The number of likely N-dealkylation sites (N-methyl/N-ethyl adjacent to an activating group) is 1. The Bertz CT molecular complexity index is 832. The highest BCUT2D eigenvalue weighted by Gasteiger charge is 2.14. The van der Waals surface area contributed by atoms with Crippen molar-refractivity contribution in [2.45, 2.75) is 6.54 Å². The normalized spacial score (nSPS) is 16.8. The number of nitrogens with zero attached hydrogens (tertiary/aromatic N) is 3. The maximum atomic E-state index is 6.23. The Morgan fingerprint density at radius 2 is 1.83 bits per heavy atom. The Balaban J connectivity index is 1.51. The fourth-order valence-corrected chi connectivity index (χ4v) is 3.40. The first-order chi connectivity index (χ1) is 11.7. The van der Waals surface area contributed by atoms with Crippen LogP contribution in [0.15, 0.2) is 42.6 Å². The van der Waals surface area contributed by atoms with Crippen LogP contribution in [0.1, 0.15) is 5.56 Å². The van der Waals surface area contributed by atoms with Gasteiger partial charge in [0.15, 0.2) is 0 Å². The summed E-state index contributed by atoms with van der Waals surface area (Å²) in [5, 5.41) is 1.70. The van der Waals surface area contributed by atoms with Crippen molar-refractivity contribution in [3.63, 3.8) is 0 Å². The van der Waals surface area contributed by atoms with Crippen molar-refractivity contribution in [3.05, 3.63) is 53.2 Å². The molecule has 2 aromatic heterocycles. The van der Waals surface area contributed by atoms with Crippen LogP contribution in [-0.4, -0.2) is 53.0 Å². The van der Waals surface area contributed by atoms with Crippen molar-refractivity contribution in [3.8, 4) is 11.3 Å². The molecular formula is C19H21ClN4. The largest absolute Gasteiger partial charge is 0.339 e. The van der Waals surface area contributed by atoms with Gasteiger partial charge in [0, 0.05) is 50.0 Å². The zero-order chi connectivity index (χ0) is 16.5. The number of H-pyrrole nitrogens is 1. The quantitative estimate of drug-likeness (QED) is 0.790. The zero-order valence-electron chi connectivity index (χ0n) is 13.8. The Kier molecular flexibility index (Phi) is 4.27. The molecule has 124 valence electrons. The van der Waals surface area contributed by atoms with E-state index in [1.54, 1.807) is 6.20 Å². The average molecular weight is 341 g/mol. The van der Waals surface area contributed by atoms with Crippen LogP contribution >= 0.6 is 11.6 Å². The van der Waals surface area contributed by atoms with E-state index in [-0.39, 0.29) is 0 Å². The average Bonchev–Trinajstić information content (AvgIpc) is 3.03. The summed E-state index contributed by atoms with van der Waals surface area (Å²) in [6, 6.07) is 12.7. The van der Waals surface area contributed by atoms with Crippen LogP contribution in [0.2, 0.25) is 5.02 Å². The molecule has 4 nitrogen and oxygen atoms in total. The molecule has 0 unspecified atom stereocenters. The van der Waals surface area contributed by atoms with Crippen molar-refractivity contribution >= 4 is 22.6 Å². The summed E-state index contributed by atoms with van der Waals surface area (Å²) >= 11 is 6.23. The van der Waals surface area contributed by atoms with Gasteiger partial charge < -0.3 is 9.88 Å². The molecule has 0 spiro atoms. The molecule has 0 atom stereocenters. The molecule has 0 amide bonds. The number of hydrogen-bond acceptors (Lipinski definition) is 3. The highest BCUT2D eigenvalue weighted by atomic mass is 35.5. The minimum Gasteiger partial charge on any atom is -0.339 e. The predicted octanol–water partition coefficient (Wildman–Crippen LogP) is 3.63. The Hall–Kier alpha value is -1.88. The number of halogens is 1. The fraction of sp³-hybridized carbons (Fsp3) is 0.316. The van der Waals surface area contributed by atoms with Gasteiger partial charge in [0.25, 0.3) is 0 Å². The number of fused-ring (bicyclic) bond motifs is 1. The number of nitrogens with one attached hydrogen (secondary N) is 1. The first-order valence-electron chi connectivity index (χ1n) is 8.32. The second kappa shape index (κ2) is 6.55. The lowest BCUT2D eigenvalue weighted by Crippen LogP contribution is -2.43. The summed E-state index contributed by atoms with van der Waals surface area (Å²) < 4.78 is 0. The molecule has 1 aromatic carbocycles. The van der Waals surface area contributed by atoms with Crippen LogP contribution in [0.5, 0.6) is 0 Å². The predicted molar refractivity (Wildman–Crippen MR) is 99.3 cm³/mol. The van der Waals surface area contributed by atoms with Crippen LogP contribution in [0, 0.1) is 0 Å². The third-order valence-electron chi connectivity index (χ3n) is 4.75. The molecule has 1 aliphatic heterocycles. The molecule has 0 aliphatic carbocycles. The van der Waals surface area contributed by atoms with Gasteiger partial charge in [0.2, 0.25) is 0 Å². The molecule has 3 heterocycles. The van der Waals surface area contributed by atoms with E-state index in [4.69, 9.17) is 11.6 Å². The van der Waals surface area contributed by atoms with Gasteiger partial charge in [-0.25, -0.2) is 4.98 Å². The lowest BCUT2D eigenvalue weighted by Gasteiger charge is -2.32. The standard InChI is InChI=1S/C19H21ClN4/c1-23-8-10-24(11-9-23)13-14-2-4-15(5-3-14)18-12-16-17(20)6-7-21-19(16)22-18/h2-7,12H,8-11,13H2,1H3,(H,21,22). The number of aromatic nitrogens is 2. The van der Waals surface area contributed by atoms with Crippen molar-refractivity contribution in [1.82, 2.24) is 19.8 Å². The second-order valence-corrected chi connectivity index (χ2v) is 6.92. The molecule has 1 N–H and O–H groups in total. The van der Waals surface area contributed by atoms with Gasteiger partial charge in [-0.05, 0) is 30.3 Å². The molecule has 3 aromatic rings. The summed E-state index contributed by atoms with van der Waals surface area (Å²) in [5.41, 5.74) is 4.40. The van der Waals surface area contributed by atoms with E-state index < -0.39 is 0 Å². The fourth-order valence-electron chi connectivity index (χ4n) is 3.20. The minimum atomic E-state index is 0.731. The Labute approximate surface area is 147 Å². The van der Waals surface area contributed by atoms with Gasteiger partial charge in [0.1, 0.15) is 5.65 Å². The highest BCUT2D eigenvalue weighted by molar-refractivity contribution is 6.35. The van der Waals surface area contributed by atoms with Gasteiger partial charge in [-0.3, -0.25) is 4.90 Å². The molecular weight excluding hydrogens is 320 g/mol. The molecule has 4 rings (SSSR count). The van der Waals surface area contributed by atoms with Gasteiger partial charge in [0.05, 0.1) is 5.02 Å². The van der Waals surface area contributed by atoms with Crippen molar-refractivity contribution < 1.29 is 0 Å². The molecule has 0 radical (unpaired) electrons. The number of benzene rings is 1. The van der Waals surface area contributed by atoms with Crippen LogP contribution in [-0.2, 0) is 6.54 Å². The van der Waals surface area contributed by atoms with Crippen molar-refractivity contribution in [2.24, 2.45) is 0 Å². The Morgan fingerprint density at radius 1 is 1.08 bits per heavy atom. The van der Waals surface area contributed by atoms with Gasteiger partial charge in [-0.2, -0.15) is 0 Å². The topological polar surface area (TPSA) is 35.2 Å². The Morgan fingerprint density at radius 3 is 2.54 bits per heavy atom. The van der Waals surface area contributed by atoms with Gasteiger partial charge >= 0.3 is 0 Å². The van der Waals surface area contributed by atoms with Crippen LogP contribution in [0.4, 0.5) is 0 Å². The van der Waals surface area contributed by atoms with Gasteiger partial charge in [-0.15, -0.1) is 0 Å². The lowest BCUT2D eigenvalue weighted by molar-refractivity contribution is 0.148. The van der Waals surface area contributed by atoms with E-state index >= 15 is 0 Å². The smallest absolute Gasteiger partial charge is 0.139 e. The zero-order valence-corrected chi connectivity index (χ0v) is 14.6. The first kappa shape index (κ1) is 15.6. The summed E-state index contributed by atoms with van der Waals surface area (Å²) in [6.45, 7) is 5.62. The maximum Gasteiger partial charge on any atom is 0.139 e. The van der Waals surface area contributed by atoms with Crippen LogP contribution in [0.3, 0.4) is 0 Å². The van der Waals surface area contributed by atoms with Crippen LogP contribution < -0.4 is 0 Å². The number of pyridine rings is 1. The van der Waals surface area contributed by atoms with Gasteiger partial charge in [-0.1, -0.05) is 35.9 Å². The molecule has 1 aliphatic rings. The molecule has 1 fully saturated rings. The minimum absolute atomic E-state index is 0.731. The number of rotatable bonds is 3. The van der Waals surface area contributed by atoms with E-state index in [1.807, 2.05) is 6.07 Å². The SMILES string of the molecule is CN1CCN(Cc2ccc(-c3cc4c(Cl)ccnc4[nH]3)cc2)CC1. The third kappa shape index (κ3) is 3.18.